The molecule has 4 rings (SSSR count). The van der Waals surface area contributed by atoms with Crippen molar-refractivity contribution in [1.82, 2.24) is 0 Å². The van der Waals surface area contributed by atoms with E-state index < -0.39 is 5.41 Å². The molecule has 3 fully saturated rings. The predicted octanol–water partition coefficient (Wildman–Crippen LogP) is 3.51. The van der Waals surface area contributed by atoms with Gasteiger partial charge in [0.1, 0.15) is 5.78 Å². The monoisotopic (exact) mass is 268 g/mol. The first kappa shape index (κ1) is 12.3. The lowest BCUT2D eigenvalue weighted by Crippen LogP contribution is -2.31. The van der Waals surface area contributed by atoms with Crippen LogP contribution in [0.25, 0.3) is 0 Å². The van der Waals surface area contributed by atoms with Crippen LogP contribution < -0.4 is 0 Å². The Bertz CT molecular complexity index is 630. The van der Waals surface area contributed by atoms with Gasteiger partial charge in [-0.1, -0.05) is 51.1 Å². The Morgan fingerprint density at radius 2 is 1.80 bits per heavy atom. The third kappa shape index (κ3) is 1.09. The lowest BCUT2D eigenvalue weighted by atomic mass is 9.71. The van der Waals surface area contributed by atoms with Gasteiger partial charge in [-0.05, 0) is 23.2 Å². The number of fused-ring (bicyclic) bond motifs is 1. The van der Waals surface area contributed by atoms with Crippen molar-refractivity contribution in [3.63, 3.8) is 0 Å². The van der Waals surface area contributed by atoms with E-state index in [1.54, 1.807) is 0 Å². The molecule has 20 heavy (non-hydrogen) atoms. The molecule has 2 heteroatoms. The quantitative estimate of drug-likeness (QED) is 0.769. The van der Waals surface area contributed by atoms with Crippen molar-refractivity contribution in [2.45, 2.75) is 33.6 Å². The van der Waals surface area contributed by atoms with Crippen LogP contribution in [0.2, 0.25) is 0 Å². The van der Waals surface area contributed by atoms with Crippen LogP contribution in [0.15, 0.2) is 30.3 Å². The summed E-state index contributed by atoms with van der Waals surface area (Å²) < 4.78 is 0. The van der Waals surface area contributed by atoms with E-state index in [1.807, 2.05) is 30.3 Å². The molecule has 0 radical (unpaired) electrons. The standard InChI is InChI=1S/C18H20O2/c1-16(2)10-17(3)9-12(19)13-14(16)18(13,17)15(20)11-7-5-4-6-8-11/h4-8,13-14H,9-10H2,1-3H3. The minimum Gasteiger partial charge on any atom is -0.299 e. The second kappa shape index (κ2) is 3.24. The van der Waals surface area contributed by atoms with Crippen LogP contribution in [0.5, 0.6) is 0 Å². The van der Waals surface area contributed by atoms with Crippen molar-refractivity contribution in [2.75, 3.05) is 0 Å². The molecule has 0 aliphatic heterocycles. The molecule has 4 unspecified atom stereocenters. The highest BCUT2D eigenvalue weighted by Gasteiger charge is 2.89. The van der Waals surface area contributed by atoms with Crippen molar-refractivity contribution in [1.29, 1.82) is 0 Å². The molecule has 0 heterocycles. The summed E-state index contributed by atoms with van der Waals surface area (Å²) in [5.41, 5.74) is 0.361. The first-order valence-corrected chi connectivity index (χ1v) is 7.47. The van der Waals surface area contributed by atoms with Gasteiger partial charge < -0.3 is 0 Å². The predicted molar refractivity (Wildman–Crippen MR) is 76.3 cm³/mol. The third-order valence-corrected chi connectivity index (χ3v) is 6.21. The van der Waals surface area contributed by atoms with Gasteiger partial charge in [0.05, 0.1) is 5.41 Å². The number of Topliss-reactive ketones (excluding diaryl/α,β-unsaturated/α-hetero) is 2. The van der Waals surface area contributed by atoms with Crippen molar-refractivity contribution in [3.05, 3.63) is 35.9 Å². The molecule has 0 aromatic heterocycles. The van der Waals surface area contributed by atoms with Gasteiger partial charge in [0, 0.05) is 17.9 Å². The molecule has 0 N–H and O–H groups in total. The number of carbonyl (C=O) groups is 2. The average molecular weight is 268 g/mol. The number of carbonyl (C=O) groups excluding carboxylic acids is 2. The van der Waals surface area contributed by atoms with E-state index in [0.29, 0.717) is 12.2 Å². The minimum absolute atomic E-state index is 0.0102. The molecule has 4 atom stereocenters. The van der Waals surface area contributed by atoms with Crippen LogP contribution in [0, 0.1) is 28.1 Å². The van der Waals surface area contributed by atoms with E-state index in [2.05, 4.69) is 20.8 Å². The molecular weight excluding hydrogens is 248 g/mol. The first-order valence-electron chi connectivity index (χ1n) is 7.47. The van der Waals surface area contributed by atoms with Gasteiger partial charge in [-0.25, -0.2) is 0 Å². The highest BCUT2D eigenvalue weighted by atomic mass is 16.1. The maximum Gasteiger partial charge on any atom is 0.170 e. The molecule has 3 aliphatic carbocycles. The van der Waals surface area contributed by atoms with Gasteiger partial charge in [-0.3, -0.25) is 9.59 Å². The molecule has 0 saturated heterocycles. The normalized spacial score (nSPS) is 43.5. The van der Waals surface area contributed by atoms with Crippen LogP contribution >= 0.6 is 0 Å². The summed E-state index contributed by atoms with van der Waals surface area (Å²) in [6.45, 7) is 6.63. The molecule has 2 nitrogen and oxygen atoms in total. The smallest absolute Gasteiger partial charge is 0.170 e. The fraction of sp³-hybridized carbons (Fsp3) is 0.556. The maximum absolute atomic E-state index is 13.2. The van der Waals surface area contributed by atoms with Crippen LogP contribution in [0.3, 0.4) is 0 Å². The summed E-state index contributed by atoms with van der Waals surface area (Å²) in [6, 6.07) is 9.54. The van der Waals surface area contributed by atoms with Crippen LogP contribution in [-0.2, 0) is 4.79 Å². The van der Waals surface area contributed by atoms with Gasteiger partial charge in [0.25, 0.3) is 0 Å². The number of hydrogen-bond donors (Lipinski definition) is 0. The summed E-state index contributed by atoms with van der Waals surface area (Å²) in [7, 11) is 0. The van der Waals surface area contributed by atoms with Crippen LogP contribution in [-0.4, -0.2) is 11.6 Å². The summed E-state index contributed by atoms with van der Waals surface area (Å²) in [6.07, 6.45) is 1.58. The second-order valence-corrected chi connectivity index (χ2v) is 7.89. The maximum atomic E-state index is 13.2. The van der Waals surface area contributed by atoms with Crippen LogP contribution in [0.1, 0.15) is 44.0 Å². The molecule has 0 bridgehead atoms. The van der Waals surface area contributed by atoms with Gasteiger partial charge in [0.2, 0.25) is 0 Å². The fourth-order valence-electron chi connectivity index (χ4n) is 6.00. The molecule has 0 amide bonds. The Balaban J connectivity index is 1.87. The third-order valence-electron chi connectivity index (χ3n) is 6.21. The highest BCUT2D eigenvalue weighted by molar-refractivity contribution is 6.11. The van der Waals surface area contributed by atoms with Gasteiger partial charge in [0.15, 0.2) is 5.78 Å². The Hall–Kier alpha value is -1.44. The number of hydrogen-bond acceptors (Lipinski definition) is 2. The Morgan fingerprint density at radius 3 is 2.35 bits per heavy atom. The van der Waals surface area contributed by atoms with E-state index in [9.17, 15) is 9.59 Å². The zero-order valence-corrected chi connectivity index (χ0v) is 12.3. The van der Waals surface area contributed by atoms with Crippen molar-refractivity contribution < 1.29 is 9.59 Å². The second-order valence-electron chi connectivity index (χ2n) is 7.89. The molecule has 1 aromatic rings. The van der Waals surface area contributed by atoms with Crippen LogP contribution in [0.4, 0.5) is 0 Å². The fourth-order valence-corrected chi connectivity index (χ4v) is 6.00. The number of rotatable bonds is 2. The zero-order chi connectivity index (χ0) is 14.3. The van der Waals surface area contributed by atoms with Gasteiger partial charge in [-0.15, -0.1) is 0 Å². The number of ketones is 2. The first-order chi connectivity index (χ1) is 9.34. The SMILES string of the molecule is CC1(C)CC2(C)CC(=O)C3C1C32C(=O)c1ccccc1. The molecule has 3 aliphatic rings. The average Bonchev–Trinajstić information content (AvgIpc) is 3.02. The Labute approximate surface area is 119 Å². The molecule has 1 aromatic carbocycles. The van der Waals surface area contributed by atoms with E-state index in [-0.39, 0.29) is 28.4 Å². The topological polar surface area (TPSA) is 34.1 Å². The van der Waals surface area contributed by atoms with Crippen molar-refractivity contribution in [2.24, 2.45) is 28.1 Å². The van der Waals surface area contributed by atoms with Crippen molar-refractivity contribution in [3.8, 4) is 0 Å². The molecule has 104 valence electrons. The molecule has 3 saturated carbocycles. The van der Waals surface area contributed by atoms with E-state index in [1.165, 1.54) is 0 Å². The highest BCUT2D eigenvalue weighted by Crippen LogP contribution is 2.87. The Morgan fingerprint density at radius 1 is 1.15 bits per heavy atom. The molecular formula is C18H20O2. The summed E-state index contributed by atoms with van der Waals surface area (Å²) in [5, 5.41) is 0. The Kier molecular flexibility index (Phi) is 1.99. The number of benzene rings is 1. The van der Waals surface area contributed by atoms with Crippen molar-refractivity contribution >= 4 is 11.6 Å². The minimum atomic E-state index is -0.394. The molecule has 0 spiro atoms. The van der Waals surface area contributed by atoms with Gasteiger partial charge >= 0.3 is 0 Å². The largest absolute Gasteiger partial charge is 0.299 e. The van der Waals surface area contributed by atoms with Gasteiger partial charge in [-0.2, -0.15) is 0 Å². The summed E-state index contributed by atoms with van der Waals surface area (Å²) in [4.78, 5) is 25.5. The van der Waals surface area contributed by atoms with E-state index >= 15 is 0 Å². The zero-order valence-electron chi connectivity index (χ0n) is 12.3. The summed E-state index contributed by atoms with van der Waals surface area (Å²) >= 11 is 0. The lowest BCUT2D eigenvalue weighted by molar-refractivity contribution is -0.120. The van der Waals surface area contributed by atoms with E-state index in [4.69, 9.17) is 0 Å². The lowest BCUT2D eigenvalue weighted by Gasteiger charge is -2.31. The summed E-state index contributed by atoms with van der Waals surface area (Å²) in [5.74, 6) is 0.789. The van der Waals surface area contributed by atoms with E-state index in [0.717, 1.165) is 12.0 Å².